The van der Waals surface area contributed by atoms with Crippen molar-refractivity contribution in [3.8, 4) is 5.75 Å². The zero-order chi connectivity index (χ0) is 18.5. The standard InChI is InChI=1S/C22H24N2O3/c25-22(24-14-16-7-6-12-23-13-16)21-19(15-26-17-8-2-1-3-9-17)18-10-4-5-11-20(18)27-21/h1-5,8-11,16,23H,6-7,12-15H2,(H,24,25). The van der Waals surface area contributed by atoms with Gasteiger partial charge in [0, 0.05) is 17.5 Å². The average Bonchev–Trinajstić information content (AvgIpc) is 3.11. The number of amides is 1. The lowest BCUT2D eigenvalue weighted by Crippen LogP contribution is -2.38. The van der Waals surface area contributed by atoms with Crippen molar-refractivity contribution < 1.29 is 13.9 Å². The molecule has 3 aromatic rings. The molecule has 4 rings (SSSR count). The molecule has 27 heavy (non-hydrogen) atoms. The highest BCUT2D eigenvalue weighted by atomic mass is 16.5. The average molecular weight is 364 g/mol. The van der Waals surface area contributed by atoms with E-state index < -0.39 is 0 Å². The van der Waals surface area contributed by atoms with Gasteiger partial charge in [0.15, 0.2) is 5.76 Å². The van der Waals surface area contributed by atoms with E-state index >= 15 is 0 Å². The maximum absolute atomic E-state index is 12.8. The van der Waals surface area contributed by atoms with Gasteiger partial charge in [-0.15, -0.1) is 0 Å². The zero-order valence-corrected chi connectivity index (χ0v) is 15.2. The van der Waals surface area contributed by atoms with Gasteiger partial charge < -0.3 is 19.8 Å². The Bertz CT molecular complexity index is 898. The Labute approximate surface area is 158 Å². The minimum atomic E-state index is -0.177. The smallest absolute Gasteiger partial charge is 0.287 e. The number of hydrogen-bond donors (Lipinski definition) is 2. The molecule has 1 aromatic heterocycles. The molecule has 5 heteroatoms. The molecule has 140 valence electrons. The van der Waals surface area contributed by atoms with Crippen molar-refractivity contribution in [1.29, 1.82) is 0 Å². The van der Waals surface area contributed by atoms with Crippen LogP contribution < -0.4 is 15.4 Å². The van der Waals surface area contributed by atoms with E-state index in [1.54, 1.807) is 0 Å². The Morgan fingerprint density at radius 1 is 1.15 bits per heavy atom. The molecule has 5 nitrogen and oxygen atoms in total. The quantitative estimate of drug-likeness (QED) is 0.699. The van der Waals surface area contributed by atoms with E-state index in [-0.39, 0.29) is 12.5 Å². The Kier molecular flexibility index (Phi) is 5.39. The summed E-state index contributed by atoms with van der Waals surface area (Å²) in [6.45, 7) is 2.95. The lowest BCUT2D eigenvalue weighted by Gasteiger charge is -2.22. The Morgan fingerprint density at radius 2 is 1.96 bits per heavy atom. The maximum atomic E-state index is 12.8. The van der Waals surface area contributed by atoms with Crippen molar-refractivity contribution >= 4 is 16.9 Å². The van der Waals surface area contributed by atoms with Crippen LogP contribution in [0, 0.1) is 5.92 Å². The maximum Gasteiger partial charge on any atom is 0.287 e. The second kappa shape index (κ2) is 8.27. The third-order valence-electron chi connectivity index (χ3n) is 4.98. The number of carbonyl (C=O) groups excluding carboxylic acids is 1. The van der Waals surface area contributed by atoms with E-state index in [2.05, 4.69) is 10.6 Å². The second-order valence-corrected chi connectivity index (χ2v) is 6.93. The van der Waals surface area contributed by atoms with E-state index in [9.17, 15) is 4.79 Å². The van der Waals surface area contributed by atoms with E-state index in [4.69, 9.17) is 9.15 Å². The lowest BCUT2D eigenvalue weighted by molar-refractivity contribution is 0.0915. The minimum Gasteiger partial charge on any atom is -0.489 e. The Hall–Kier alpha value is -2.79. The van der Waals surface area contributed by atoms with Gasteiger partial charge in [0.05, 0.1) is 0 Å². The van der Waals surface area contributed by atoms with Gasteiger partial charge in [-0.25, -0.2) is 0 Å². The first-order valence-corrected chi connectivity index (χ1v) is 9.48. The van der Waals surface area contributed by atoms with Crippen molar-refractivity contribution in [3.63, 3.8) is 0 Å². The molecule has 1 aliphatic heterocycles. The third-order valence-corrected chi connectivity index (χ3v) is 4.98. The summed E-state index contributed by atoms with van der Waals surface area (Å²) in [6.07, 6.45) is 2.29. The summed E-state index contributed by atoms with van der Waals surface area (Å²) < 4.78 is 11.8. The molecule has 2 aromatic carbocycles. The number of furan rings is 1. The number of benzene rings is 2. The molecule has 1 amide bonds. The van der Waals surface area contributed by atoms with Crippen LogP contribution in [0.2, 0.25) is 0 Å². The van der Waals surface area contributed by atoms with Crippen molar-refractivity contribution in [2.75, 3.05) is 19.6 Å². The number of nitrogens with one attached hydrogen (secondary N) is 2. The molecule has 0 spiro atoms. The minimum absolute atomic E-state index is 0.177. The molecule has 1 aliphatic rings. The van der Waals surface area contributed by atoms with Crippen LogP contribution in [0.1, 0.15) is 29.0 Å². The van der Waals surface area contributed by atoms with Gasteiger partial charge in [-0.1, -0.05) is 36.4 Å². The predicted octanol–water partition coefficient (Wildman–Crippen LogP) is 3.74. The van der Waals surface area contributed by atoms with Gasteiger partial charge in [-0.2, -0.15) is 0 Å². The first kappa shape index (κ1) is 17.6. The Morgan fingerprint density at radius 3 is 2.78 bits per heavy atom. The number of hydrogen-bond acceptors (Lipinski definition) is 4. The molecule has 2 N–H and O–H groups in total. The summed E-state index contributed by atoms with van der Waals surface area (Å²) >= 11 is 0. The van der Waals surface area contributed by atoms with Crippen LogP contribution in [0.3, 0.4) is 0 Å². The predicted molar refractivity (Wildman–Crippen MR) is 105 cm³/mol. The molecular weight excluding hydrogens is 340 g/mol. The van der Waals surface area contributed by atoms with Gasteiger partial charge in [-0.05, 0) is 50.0 Å². The van der Waals surface area contributed by atoms with Gasteiger partial charge >= 0.3 is 0 Å². The van der Waals surface area contributed by atoms with Crippen LogP contribution in [-0.2, 0) is 6.61 Å². The van der Waals surface area contributed by atoms with Crippen molar-refractivity contribution in [2.45, 2.75) is 19.4 Å². The van der Waals surface area contributed by atoms with E-state index in [1.165, 1.54) is 0 Å². The normalized spacial score (nSPS) is 17.0. The summed E-state index contributed by atoms with van der Waals surface area (Å²) in [6, 6.07) is 17.3. The summed E-state index contributed by atoms with van der Waals surface area (Å²) in [4.78, 5) is 12.8. The van der Waals surface area contributed by atoms with Crippen LogP contribution in [-0.4, -0.2) is 25.5 Å². The van der Waals surface area contributed by atoms with Crippen molar-refractivity contribution in [3.05, 3.63) is 65.9 Å². The molecule has 1 atom stereocenters. The summed E-state index contributed by atoms with van der Waals surface area (Å²) in [5, 5.41) is 7.33. The largest absolute Gasteiger partial charge is 0.489 e. The van der Waals surface area contributed by atoms with E-state index in [0.717, 1.165) is 42.6 Å². The highest BCUT2D eigenvalue weighted by Gasteiger charge is 2.22. The highest BCUT2D eigenvalue weighted by Crippen LogP contribution is 2.27. The summed E-state index contributed by atoms with van der Waals surface area (Å²) in [5.74, 6) is 1.40. The molecule has 2 heterocycles. The fraction of sp³-hybridized carbons (Fsp3) is 0.318. The number of rotatable bonds is 6. The molecular formula is C22H24N2O3. The molecule has 1 saturated heterocycles. The van der Waals surface area contributed by atoms with Crippen LogP contribution in [0.4, 0.5) is 0 Å². The fourth-order valence-corrected chi connectivity index (χ4v) is 3.51. The van der Waals surface area contributed by atoms with Crippen LogP contribution in [0.5, 0.6) is 5.75 Å². The summed E-state index contributed by atoms with van der Waals surface area (Å²) in [5.41, 5.74) is 1.49. The molecule has 0 radical (unpaired) electrons. The first-order valence-electron chi connectivity index (χ1n) is 9.48. The number of piperidine rings is 1. The van der Waals surface area contributed by atoms with Crippen molar-refractivity contribution in [1.82, 2.24) is 10.6 Å². The molecule has 0 bridgehead atoms. The molecule has 0 saturated carbocycles. The molecule has 1 fully saturated rings. The van der Waals surface area contributed by atoms with Crippen molar-refractivity contribution in [2.24, 2.45) is 5.92 Å². The summed E-state index contributed by atoms with van der Waals surface area (Å²) in [7, 11) is 0. The molecule has 1 unspecified atom stereocenters. The first-order chi connectivity index (χ1) is 13.3. The number of fused-ring (bicyclic) bond motifs is 1. The van der Waals surface area contributed by atoms with Gasteiger partial charge in [0.1, 0.15) is 17.9 Å². The SMILES string of the molecule is O=C(NCC1CCCNC1)c1oc2ccccc2c1COc1ccccc1. The lowest BCUT2D eigenvalue weighted by atomic mass is 10.00. The van der Waals surface area contributed by atoms with Gasteiger partial charge in [0.25, 0.3) is 5.91 Å². The zero-order valence-electron chi connectivity index (χ0n) is 15.2. The number of carbonyl (C=O) groups is 1. The number of para-hydroxylation sites is 2. The third kappa shape index (κ3) is 4.14. The monoisotopic (exact) mass is 364 g/mol. The topological polar surface area (TPSA) is 63.5 Å². The van der Waals surface area contributed by atoms with Gasteiger partial charge in [0.2, 0.25) is 0 Å². The van der Waals surface area contributed by atoms with Crippen LogP contribution >= 0.6 is 0 Å². The van der Waals surface area contributed by atoms with Gasteiger partial charge in [-0.3, -0.25) is 4.79 Å². The number of ether oxygens (including phenoxy) is 1. The van der Waals surface area contributed by atoms with E-state index in [0.29, 0.717) is 23.8 Å². The van der Waals surface area contributed by atoms with Crippen LogP contribution in [0.15, 0.2) is 59.0 Å². The molecule has 0 aliphatic carbocycles. The Balaban J connectivity index is 1.52. The van der Waals surface area contributed by atoms with E-state index in [1.807, 2.05) is 54.6 Å². The highest BCUT2D eigenvalue weighted by molar-refractivity contribution is 5.99. The van der Waals surface area contributed by atoms with Crippen LogP contribution in [0.25, 0.3) is 11.0 Å². The second-order valence-electron chi connectivity index (χ2n) is 6.93. The fourth-order valence-electron chi connectivity index (χ4n) is 3.51.